The number of benzene rings is 2. The van der Waals surface area contributed by atoms with Crippen LogP contribution in [0.1, 0.15) is 22.3 Å². The molecule has 1 nitrogen and oxygen atoms in total. The van der Waals surface area contributed by atoms with Gasteiger partial charge in [0.05, 0.1) is 8.07 Å². The minimum absolute atomic E-state index is 0.0849. The van der Waals surface area contributed by atoms with E-state index in [1.165, 1.54) is 0 Å². The fourth-order valence-corrected chi connectivity index (χ4v) is 9.11. The van der Waals surface area contributed by atoms with E-state index in [4.69, 9.17) is 0 Å². The van der Waals surface area contributed by atoms with Gasteiger partial charge in [0.25, 0.3) is 0 Å². The Morgan fingerprint density at radius 2 is 0.630 bits per heavy atom. The van der Waals surface area contributed by atoms with Gasteiger partial charge in [-0.05, 0) is 22.3 Å². The molecule has 0 saturated heterocycles. The Morgan fingerprint density at radius 3 is 0.870 bits per heavy atom. The van der Waals surface area contributed by atoms with Crippen LogP contribution in [-0.4, -0.2) is 78.8 Å². The second-order valence-corrected chi connectivity index (χ2v) is 18.2. The second kappa shape index (κ2) is 11.7. The van der Waals surface area contributed by atoms with Crippen molar-refractivity contribution in [3.63, 3.8) is 0 Å². The van der Waals surface area contributed by atoms with Crippen molar-refractivity contribution < 1.29 is 110 Å². The van der Waals surface area contributed by atoms with Crippen LogP contribution in [0, 0.1) is 0 Å². The summed E-state index contributed by atoms with van der Waals surface area (Å²) < 4.78 is 343. The fourth-order valence-electron chi connectivity index (χ4n) is 6.20. The molecule has 1 aliphatic rings. The summed E-state index contributed by atoms with van der Waals surface area (Å²) in [6, 6.07) is 2.17. The van der Waals surface area contributed by atoms with E-state index in [0.717, 1.165) is 19.6 Å². The molecule has 0 radical (unpaired) electrons. The van der Waals surface area contributed by atoms with E-state index >= 15 is 30.7 Å². The Kier molecular flexibility index (Phi) is 9.85. The topological polar surface area (TPSA) is 20.2 Å². The number of fused-ring (bicyclic) bond motifs is 2. The molecule has 2 aromatic rings. The first kappa shape index (κ1) is 45.3. The first-order valence-corrected chi connectivity index (χ1v) is 17.4. The highest BCUT2D eigenvalue weighted by atomic mass is 28.3. The normalized spacial score (nSPS) is 21.9. The molecular weight excluding hydrogens is 836 g/mol. The number of halogens is 24. The van der Waals surface area contributed by atoms with Gasteiger partial charge in [-0.15, -0.1) is 0 Å². The minimum atomic E-state index is -9.44. The van der Waals surface area contributed by atoms with Crippen LogP contribution in [0.2, 0.25) is 19.6 Å². The largest absolute Gasteiger partial charge is 0.460 e. The number of hydrogen-bond donors (Lipinski definition) is 1. The van der Waals surface area contributed by atoms with Gasteiger partial charge < -0.3 is 5.11 Å². The minimum Gasteiger partial charge on any atom is -0.374 e. The van der Waals surface area contributed by atoms with Crippen molar-refractivity contribution >= 4 is 8.07 Å². The molecule has 0 aliphatic heterocycles. The lowest BCUT2D eigenvalue weighted by Gasteiger charge is -2.55. The SMILES string of the molecule is C[Si](C)(C)C1(C(F)(F)F)c2ccccc2C(O)(C(F)(F)C(F)(F)C(F)(F)C(F)(F)C(F)(F)C(F)(F)C(F)(F)C(F)(F)C(F)(F)C(F)(F)F)c2ccccc21. The zero-order chi connectivity index (χ0) is 43.0. The predicted molar refractivity (Wildman–Crippen MR) is 137 cm³/mol. The lowest BCUT2D eigenvalue weighted by Crippen LogP contribution is -2.78. The Balaban J connectivity index is 2.42. The molecule has 0 aromatic heterocycles. The van der Waals surface area contributed by atoms with Crippen molar-refractivity contribution in [1.29, 1.82) is 0 Å². The van der Waals surface area contributed by atoms with Gasteiger partial charge in [-0.25, -0.2) is 0 Å². The van der Waals surface area contributed by atoms with E-state index in [2.05, 4.69) is 0 Å². The van der Waals surface area contributed by atoms with Crippen LogP contribution in [0.5, 0.6) is 0 Å². The maximum Gasteiger partial charge on any atom is 0.460 e. The van der Waals surface area contributed by atoms with Crippen molar-refractivity contribution in [3.05, 3.63) is 70.8 Å². The highest BCUT2D eigenvalue weighted by molar-refractivity contribution is 6.80. The third-order valence-corrected chi connectivity index (χ3v) is 12.0. The number of alkyl halides is 24. The van der Waals surface area contributed by atoms with Crippen molar-refractivity contribution in [2.24, 2.45) is 0 Å². The highest BCUT2D eigenvalue weighted by Crippen LogP contribution is 2.70. The molecule has 0 saturated carbocycles. The Hall–Kier alpha value is -3.06. The lowest BCUT2D eigenvalue weighted by atomic mass is 9.64. The Morgan fingerprint density at radius 1 is 0.389 bits per heavy atom. The summed E-state index contributed by atoms with van der Waals surface area (Å²) in [4.78, 5) is 0. The molecule has 0 heterocycles. The Bertz CT molecular complexity index is 1690. The molecule has 308 valence electrons. The van der Waals surface area contributed by atoms with Crippen LogP contribution in [-0.2, 0) is 10.6 Å². The molecule has 1 aliphatic carbocycles. The van der Waals surface area contributed by atoms with Gasteiger partial charge in [0, 0.05) is 0 Å². The number of aliphatic hydroxyl groups is 1. The summed E-state index contributed by atoms with van der Waals surface area (Å²) in [6.45, 7) is 2.64. The summed E-state index contributed by atoms with van der Waals surface area (Å²) in [5.74, 6) is -80.6. The fraction of sp³-hybridized carbons (Fsp3) is 0.571. The zero-order valence-electron chi connectivity index (χ0n) is 26.1. The molecule has 0 bridgehead atoms. The first-order chi connectivity index (χ1) is 23.5. The van der Waals surface area contributed by atoms with Gasteiger partial charge in [-0.1, -0.05) is 68.2 Å². The summed E-state index contributed by atoms with van der Waals surface area (Å²) in [7, 11) is -4.26. The number of rotatable bonds is 10. The van der Waals surface area contributed by atoms with Gasteiger partial charge in [0.2, 0.25) is 0 Å². The summed E-state index contributed by atoms with van der Waals surface area (Å²) >= 11 is 0. The van der Waals surface area contributed by atoms with Crippen molar-refractivity contribution in [2.45, 2.75) is 95.9 Å². The Labute approximate surface area is 285 Å². The van der Waals surface area contributed by atoms with Crippen LogP contribution < -0.4 is 0 Å². The van der Waals surface area contributed by atoms with Crippen LogP contribution in [0.3, 0.4) is 0 Å². The molecule has 26 heteroatoms. The van der Waals surface area contributed by atoms with Gasteiger partial charge in [0.1, 0.15) is 5.04 Å². The van der Waals surface area contributed by atoms with Crippen LogP contribution in [0.15, 0.2) is 48.5 Å². The lowest BCUT2D eigenvalue weighted by molar-refractivity contribution is -0.477. The molecule has 0 unspecified atom stereocenters. The molecule has 54 heavy (non-hydrogen) atoms. The van der Waals surface area contributed by atoms with Crippen molar-refractivity contribution in [1.82, 2.24) is 0 Å². The predicted octanol–water partition coefficient (Wildman–Crippen LogP) is 11.2. The van der Waals surface area contributed by atoms with E-state index in [1.54, 1.807) is 0 Å². The standard InChI is InChI=1S/C28H18F24OSi/c1-54(2,3)17(27(47,48)49)14-10-6-4-8-12(14)16(53,13-9-5-7-11-15(13)17)18(29,30)19(31,32)20(33,34)21(35,36)22(37,38)23(39,40)24(41,42)25(43,44)26(45,46)28(50,51)52/h4-11,53H,1-3H3. The van der Waals surface area contributed by atoms with Gasteiger partial charge in [-0.3, -0.25) is 0 Å². The van der Waals surface area contributed by atoms with Crippen LogP contribution in [0.4, 0.5) is 105 Å². The van der Waals surface area contributed by atoms with Gasteiger partial charge in [-0.2, -0.15) is 105 Å². The third-order valence-electron chi connectivity index (χ3n) is 8.96. The molecule has 0 atom stereocenters. The summed E-state index contributed by atoms with van der Waals surface area (Å²) in [5.41, 5.74) is -13.2. The molecule has 0 amide bonds. The van der Waals surface area contributed by atoms with Gasteiger partial charge in [0.15, 0.2) is 5.60 Å². The molecule has 0 fully saturated rings. The summed E-state index contributed by atoms with van der Waals surface area (Å²) in [6.07, 6.45) is -13.8. The van der Waals surface area contributed by atoms with E-state index in [9.17, 15) is 79.7 Å². The van der Waals surface area contributed by atoms with E-state index < -0.39 is 107 Å². The monoisotopic (exact) mass is 854 g/mol. The average molecular weight is 854 g/mol. The average Bonchev–Trinajstić information content (AvgIpc) is 2.98. The zero-order valence-corrected chi connectivity index (χ0v) is 27.1. The molecule has 1 N–H and O–H groups in total. The van der Waals surface area contributed by atoms with Gasteiger partial charge >= 0.3 is 65.7 Å². The maximum atomic E-state index is 16.1. The van der Waals surface area contributed by atoms with Crippen LogP contribution in [0.25, 0.3) is 0 Å². The number of hydrogen-bond acceptors (Lipinski definition) is 1. The molecule has 2 aromatic carbocycles. The van der Waals surface area contributed by atoms with Crippen LogP contribution >= 0.6 is 0 Å². The van der Waals surface area contributed by atoms with E-state index in [0.29, 0.717) is 24.3 Å². The second-order valence-electron chi connectivity index (χ2n) is 13.0. The molecule has 0 spiro atoms. The van der Waals surface area contributed by atoms with E-state index in [1.807, 2.05) is 0 Å². The first-order valence-electron chi connectivity index (χ1n) is 13.9. The quantitative estimate of drug-likeness (QED) is 0.186. The van der Waals surface area contributed by atoms with Crippen molar-refractivity contribution in [2.75, 3.05) is 0 Å². The highest BCUT2D eigenvalue weighted by Gasteiger charge is 2.98. The third kappa shape index (κ3) is 4.94. The van der Waals surface area contributed by atoms with E-state index in [-0.39, 0.29) is 24.3 Å². The smallest absolute Gasteiger partial charge is 0.374 e. The molecule has 3 rings (SSSR count). The summed E-state index contributed by atoms with van der Waals surface area (Å²) in [5, 5.41) is 7.67. The maximum absolute atomic E-state index is 16.1. The van der Waals surface area contributed by atoms with Crippen molar-refractivity contribution in [3.8, 4) is 0 Å². The molecular formula is C28H18F24OSi.